The lowest BCUT2D eigenvalue weighted by molar-refractivity contribution is -0.132. The number of hydrogen-bond donors (Lipinski definition) is 1. The number of hydrogen-bond acceptors (Lipinski definition) is 3. The summed E-state index contributed by atoms with van der Waals surface area (Å²) in [4.78, 5) is 14.1. The maximum atomic E-state index is 12.4. The van der Waals surface area contributed by atoms with Crippen LogP contribution in [0.25, 0.3) is 0 Å². The maximum absolute atomic E-state index is 12.4. The van der Waals surface area contributed by atoms with Crippen molar-refractivity contribution in [2.45, 2.75) is 37.4 Å². The van der Waals surface area contributed by atoms with Crippen LogP contribution in [0, 0.1) is 0 Å². The van der Waals surface area contributed by atoms with E-state index in [2.05, 4.69) is 15.9 Å². The lowest BCUT2D eigenvalue weighted by atomic mass is 9.96. The van der Waals surface area contributed by atoms with Crippen molar-refractivity contribution in [1.29, 1.82) is 0 Å². The van der Waals surface area contributed by atoms with Crippen molar-refractivity contribution in [3.05, 3.63) is 34.3 Å². The fourth-order valence-electron chi connectivity index (χ4n) is 2.81. The van der Waals surface area contributed by atoms with Crippen LogP contribution >= 0.6 is 15.9 Å². The summed E-state index contributed by atoms with van der Waals surface area (Å²) in [6.45, 7) is 2.94. The standard InChI is InChI=1S/C15H21BrN2O3S/c1-11(13-4-2-3-5-14(13)16)10-15(19)18-8-6-12(7-9-18)22(17,20)21/h2-5,11-12H,6-10H2,1H3,(H2,17,20,21). The molecule has 1 atom stereocenters. The Balaban J connectivity index is 1.93. The first-order valence-corrected chi connectivity index (χ1v) is 9.73. The third-order valence-electron chi connectivity index (χ3n) is 4.18. The van der Waals surface area contributed by atoms with E-state index in [4.69, 9.17) is 5.14 Å². The molecule has 22 heavy (non-hydrogen) atoms. The molecule has 1 aliphatic rings. The first-order chi connectivity index (χ1) is 10.3. The Morgan fingerprint density at radius 2 is 1.95 bits per heavy atom. The molecule has 1 fully saturated rings. The van der Waals surface area contributed by atoms with E-state index in [1.165, 1.54) is 0 Å². The largest absolute Gasteiger partial charge is 0.343 e. The van der Waals surface area contributed by atoms with Gasteiger partial charge in [-0.2, -0.15) is 0 Å². The Hall–Kier alpha value is -0.920. The fraction of sp³-hybridized carbons (Fsp3) is 0.533. The van der Waals surface area contributed by atoms with Gasteiger partial charge in [0.1, 0.15) is 0 Å². The molecule has 0 spiro atoms. The molecule has 2 N–H and O–H groups in total. The van der Waals surface area contributed by atoms with E-state index in [1.54, 1.807) is 4.90 Å². The third kappa shape index (κ3) is 4.30. The van der Waals surface area contributed by atoms with Crippen LogP contribution in [0.15, 0.2) is 28.7 Å². The van der Waals surface area contributed by atoms with E-state index >= 15 is 0 Å². The van der Waals surface area contributed by atoms with Crippen molar-refractivity contribution in [2.75, 3.05) is 13.1 Å². The van der Waals surface area contributed by atoms with Gasteiger partial charge < -0.3 is 4.90 Å². The molecular formula is C15H21BrN2O3S. The molecule has 0 aromatic heterocycles. The zero-order valence-corrected chi connectivity index (χ0v) is 14.9. The quantitative estimate of drug-likeness (QED) is 0.858. The van der Waals surface area contributed by atoms with Gasteiger partial charge in [-0.3, -0.25) is 4.79 Å². The van der Waals surface area contributed by atoms with Gasteiger partial charge in [0.15, 0.2) is 0 Å². The summed E-state index contributed by atoms with van der Waals surface area (Å²) in [6.07, 6.45) is 1.27. The van der Waals surface area contributed by atoms with Gasteiger partial charge in [-0.25, -0.2) is 13.6 Å². The van der Waals surface area contributed by atoms with Gasteiger partial charge in [0, 0.05) is 24.0 Å². The molecule has 1 aromatic rings. The smallest absolute Gasteiger partial charge is 0.223 e. The molecule has 1 aromatic carbocycles. The predicted octanol–water partition coefficient (Wildman–Crippen LogP) is 2.22. The molecule has 0 aliphatic carbocycles. The molecule has 5 nitrogen and oxygen atoms in total. The van der Waals surface area contributed by atoms with E-state index in [-0.39, 0.29) is 11.8 Å². The summed E-state index contributed by atoms with van der Waals surface area (Å²) in [5.74, 6) is 0.176. The molecule has 1 saturated heterocycles. The van der Waals surface area contributed by atoms with Crippen molar-refractivity contribution < 1.29 is 13.2 Å². The number of likely N-dealkylation sites (tertiary alicyclic amines) is 1. The topological polar surface area (TPSA) is 80.5 Å². The summed E-state index contributed by atoms with van der Waals surface area (Å²) in [5, 5.41) is 4.65. The Morgan fingerprint density at radius 1 is 1.36 bits per heavy atom. The SMILES string of the molecule is CC(CC(=O)N1CCC(S(N)(=O)=O)CC1)c1ccccc1Br. The summed E-state index contributed by atoms with van der Waals surface area (Å²) in [7, 11) is -3.49. The number of carbonyl (C=O) groups is 1. The highest BCUT2D eigenvalue weighted by Crippen LogP contribution is 2.28. The fourth-order valence-corrected chi connectivity index (χ4v) is 4.35. The number of nitrogens with zero attached hydrogens (tertiary/aromatic N) is 1. The van der Waals surface area contributed by atoms with Crippen LogP contribution in [0.4, 0.5) is 0 Å². The predicted molar refractivity (Wildman–Crippen MR) is 89.9 cm³/mol. The van der Waals surface area contributed by atoms with Crippen LogP contribution in [0.2, 0.25) is 0 Å². The summed E-state index contributed by atoms with van der Waals surface area (Å²) >= 11 is 3.51. The Labute approximate surface area is 140 Å². The van der Waals surface area contributed by atoms with Crippen LogP contribution in [0.1, 0.15) is 37.7 Å². The second kappa shape index (κ2) is 7.10. The van der Waals surface area contributed by atoms with Crippen molar-refractivity contribution in [3.63, 3.8) is 0 Å². The highest BCUT2D eigenvalue weighted by molar-refractivity contribution is 9.10. The normalized spacial score (nSPS) is 18.2. The number of sulfonamides is 1. The van der Waals surface area contributed by atoms with Gasteiger partial charge in [0.2, 0.25) is 15.9 Å². The van der Waals surface area contributed by atoms with Crippen molar-refractivity contribution in [3.8, 4) is 0 Å². The van der Waals surface area contributed by atoms with Gasteiger partial charge in [-0.1, -0.05) is 41.1 Å². The van der Waals surface area contributed by atoms with Crippen molar-refractivity contribution in [1.82, 2.24) is 4.90 Å². The number of carbonyl (C=O) groups excluding carboxylic acids is 1. The molecule has 1 unspecified atom stereocenters. The van der Waals surface area contributed by atoms with E-state index < -0.39 is 15.3 Å². The molecule has 0 radical (unpaired) electrons. The van der Waals surface area contributed by atoms with Gasteiger partial charge in [0.05, 0.1) is 5.25 Å². The van der Waals surface area contributed by atoms with E-state index in [0.717, 1.165) is 10.0 Å². The molecule has 0 bridgehead atoms. The number of rotatable bonds is 4. The van der Waals surface area contributed by atoms with Gasteiger partial charge in [-0.15, -0.1) is 0 Å². The van der Waals surface area contributed by atoms with Crippen molar-refractivity contribution in [2.24, 2.45) is 5.14 Å². The zero-order chi connectivity index (χ0) is 16.3. The minimum absolute atomic E-state index is 0.0659. The highest BCUT2D eigenvalue weighted by Gasteiger charge is 2.29. The lowest BCUT2D eigenvalue weighted by Gasteiger charge is -2.31. The second-order valence-electron chi connectivity index (χ2n) is 5.80. The number of nitrogens with two attached hydrogens (primary N) is 1. The second-order valence-corrected chi connectivity index (χ2v) is 8.49. The molecule has 7 heteroatoms. The number of primary sulfonamides is 1. The van der Waals surface area contributed by atoms with Crippen molar-refractivity contribution >= 4 is 31.9 Å². The molecule has 1 amide bonds. The number of amides is 1. The van der Waals surface area contributed by atoms with Crippen LogP contribution in [-0.2, 0) is 14.8 Å². The van der Waals surface area contributed by atoms with Crippen LogP contribution in [-0.4, -0.2) is 37.6 Å². The molecule has 2 rings (SSSR count). The van der Waals surface area contributed by atoms with Gasteiger partial charge >= 0.3 is 0 Å². The summed E-state index contributed by atoms with van der Waals surface area (Å²) < 4.78 is 23.7. The monoisotopic (exact) mass is 388 g/mol. The van der Waals surface area contributed by atoms with Crippen LogP contribution in [0.5, 0.6) is 0 Å². The first-order valence-electron chi connectivity index (χ1n) is 7.33. The average molecular weight is 389 g/mol. The number of halogens is 1. The Kier molecular flexibility index (Phi) is 5.63. The highest BCUT2D eigenvalue weighted by atomic mass is 79.9. The Bertz CT molecular complexity index is 640. The molecule has 122 valence electrons. The van der Waals surface area contributed by atoms with E-state index in [0.29, 0.717) is 32.4 Å². The van der Waals surface area contributed by atoms with Gasteiger partial charge in [0.25, 0.3) is 0 Å². The average Bonchev–Trinajstić information content (AvgIpc) is 2.46. The van der Waals surface area contributed by atoms with E-state index in [1.807, 2.05) is 31.2 Å². The minimum atomic E-state index is -3.49. The molecular weight excluding hydrogens is 368 g/mol. The minimum Gasteiger partial charge on any atom is -0.343 e. The lowest BCUT2D eigenvalue weighted by Crippen LogP contribution is -2.44. The first kappa shape index (κ1) is 17.4. The zero-order valence-electron chi connectivity index (χ0n) is 12.5. The number of benzene rings is 1. The summed E-state index contributed by atoms with van der Waals surface area (Å²) in [6, 6.07) is 7.88. The summed E-state index contributed by atoms with van der Waals surface area (Å²) in [5.41, 5.74) is 1.11. The third-order valence-corrected chi connectivity index (χ3v) is 6.30. The maximum Gasteiger partial charge on any atom is 0.223 e. The molecule has 1 aliphatic heterocycles. The van der Waals surface area contributed by atoms with E-state index in [9.17, 15) is 13.2 Å². The van der Waals surface area contributed by atoms with Crippen LogP contribution in [0.3, 0.4) is 0 Å². The van der Waals surface area contributed by atoms with Crippen LogP contribution < -0.4 is 5.14 Å². The number of piperidine rings is 1. The molecule has 1 heterocycles. The Morgan fingerprint density at radius 3 is 2.50 bits per heavy atom. The molecule has 0 saturated carbocycles. The van der Waals surface area contributed by atoms with Gasteiger partial charge in [-0.05, 0) is 30.4 Å².